The molecule has 0 saturated carbocycles. The van der Waals surface area contributed by atoms with E-state index < -0.39 is 0 Å². The lowest BCUT2D eigenvalue weighted by atomic mass is 10.1. The van der Waals surface area contributed by atoms with E-state index in [1.807, 2.05) is 0 Å². The fourth-order valence-corrected chi connectivity index (χ4v) is 1.17. The lowest BCUT2D eigenvalue weighted by Gasteiger charge is -2.02. The van der Waals surface area contributed by atoms with Gasteiger partial charge < -0.3 is 10.7 Å². The van der Waals surface area contributed by atoms with E-state index in [-0.39, 0.29) is 11.6 Å². The fraction of sp³-hybridized carbons (Fsp3) is 0.286. The minimum absolute atomic E-state index is 0.122. The maximum atomic E-state index is 11.1. The highest BCUT2D eigenvalue weighted by Crippen LogP contribution is 2.10. The topological polar surface area (TPSA) is 58.9 Å². The van der Waals surface area contributed by atoms with Crippen LogP contribution in [0.4, 0.5) is 0 Å². The number of hydrogen-bond acceptors (Lipinski definition) is 2. The van der Waals surface area contributed by atoms with Crippen molar-refractivity contribution in [1.82, 2.24) is 4.98 Å². The zero-order valence-corrected chi connectivity index (χ0v) is 7.68. The summed E-state index contributed by atoms with van der Waals surface area (Å²) in [4.78, 5) is 13.6. The molecule has 1 atom stereocenters. The van der Waals surface area contributed by atoms with Gasteiger partial charge in [-0.15, -0.1) is 0 Å². The average Bonchev–Trinajstić information content (AvgIpc) is 1.94. The molecule has 1 aromatic rings. The SMILES string of the molecule is CC(N)c1cc(Br)c[nH]c1=O. The van der Waals surface area contributed by atoms with Gasteiger partial charge in [0.1, 0.15) is 0 Å². The number of pyridine rings is 1. The Bertz CT molecular complexity index is 306. The molecule has 0 aliphatic carbocycles. The van der Waals surface area contributed by atoms with Gasteiger partial charge in [-0.3, -0.25) is 4.79 Å². The third-order valence-corrected chi connectivity index (χ3v) is 1.85. The number of H-pyrrole nitrogens is 1. The number of hydrogen-bond donors (Lipinski definition) is 2. The van der Waals surface area contributed by atoms with Crippen LogP contribution in [0.3, 0.4) is 0 Å². The first kappa shape index (κ1) is 8.49. The number of aromatic nitrogens is 1. The van der Waals surface area contributed by atoms with Crippen molar-refractivity contribution in [3.8, 4) is 0 Å². The van der Waals surface area contributed by atoms with Gasteiger partial charge in [0.05, 0.1) is 0 Å². The molecule has 11 heavy (non-hydrogen) atoms. The van der Waals surface area contributed by atoms with Crippen LogP contribution in [-0.4, -0.2) is 4.98 Å². The van der Waals surface area contributed by atoms with Crippen LogP contribution in [0.25, 0.3) is 0 Å². The van der Waals surface area contributed by atoms with Crippen molar-refractivity contribution in [3.63, 3.8) is 0 Å². The second-order valence-corrected chi connectivity index (χ2v) is 3.31. The zero-order valence-electron chi connectivity index (χ0n) is 6.10. The molecular weight excluding hydrogens is 208 g/mol. The molecule has 0 fully saturated rings. The Morgan fingerprint density at radius 2 is 2.36 bits per heavy atom. The van der Waals surface area contributed by atoms with Gasteiger partial charge in [-0.2, -0.15) is 0 Å². The second-order valence-electron chi connectivity index (χ2n) is 2.39. The molecule has 60 valence electrons. The summed E-state index contributed by atoms with van der Waals surface area (Å²) in [5, 5.41) is 0. The zero-order chi connectivity index (χ0) is 8.43. The largest absolute Gasteiger partial charge is 0.328 e. The minimum atomic E-state index is -0.226. The van der Waals surface area contributed by atoms with Gasteiger partial charge in [0.2, 0.25) is 0 Å². The molecule has 0 radical (unpaired) electrons. The molecule has 0 aliphatic heterocycles. The average molecular weight is 217 g/mol. The summed E-state index contributed by atoms with van der Waals surface area (Å²) in [5.41, 5.74) is 6.02. The molecule has 0 spiro atoms. The van der Waals surface area contributed by atoms with Gasteiger partial charge in [-0.25, -0.2) is 0 Å². The van der Waals surface area contributed by atoms with Crippen molar-refractivity contribution in [2.45, 2.75) is 13.0 Å². The van der Waals surface area contributed by atoms with E-state index in [0.29, 0.717) is 5.56 Å². The van der Waals surface area contributed by atoms with Crippen LogP contribution >= 0.6 is 15.9 Å². The van der Waals surface area contributed by atoms with Crippen LogP contribution in [0.2, 0.25) is 0 Å². The van der Waals surface area contributed by atoms with E-state index in [9.17, 15) is 4.79 Å². The van der Waals surface area contributed by atoms with Crippen LogP contribution in [-0.2, 0) is 0 Å². The molecule has 3 N–H and O–H groups in total. The summed E-state index contributed by atoms with van der Waals surface area (Å²) < 4.78 is 0.837. The smallest absolute Gasteiger partial charge is 0.252 e. The highest BCUT2D eigenvalue weighted by atomic mass is 79.9. The first-order chi connectivity index (χ1) is 5.11. The molecule has 4 heteroatoms. The van der Waals surface area contributed by atoms with Crippen LogP contribution in [0.15, 0.2) is 21.5 Å². The molecule has 0 amide bonds. The normalized spacial score (nSPS) is 13.0. The van der Waals surface area contributed by atoms with E-state index in [4.69, 9.17) is 5.73 Å². The summed E-state index contributed by atoms with van der Waals surface area (Å²) in [6.07, 6.45) is 1.59. The summed E-state index contributed by atoms with van der Waals surface area (Å²) in [6.45, 7) is 1.77. The third kappa shape index (κ3) is 1.91. The van der Waals surface area contributed by atoms with Gasteiger partial charge >= 0.3 is 0 Å². The highest BCUT2D eigenvalue weighted by molar-refractivity contribution is 9.10. The molecule has 1 aromatic heterocycles. The van der Waals surface area contributed by atoms with Crippen molar-refractivity contribution >= 4 is 15.9 Å². The quantitative estimate of drug-likeness (QED) is 0.741. The molecule has 1 unspecified atom stereocenters. The number of rotatable bonds is 1. The molecular formula is C7H9BrN2O. The summed E-state index contributed by atoms with van der Waals surface area (Å²) >= 11 is 3.24. The van der Waals surface area contributed by atoms with E-state index >= 15 is 0 Å². The third-order valence-electron chi connectivity index (χ3n) is 1.39. The maximum absolute atomic E-state index is 11.1. The summed E-state index contributed by atoms with van der Waals surface area (Å²) in [7, 11) is 0. The lowest BCUT2D eigenvalue weighted by Crippen LogP contribution is -2.18. The Hall–Kier alpha value is -0.610. The molecule has 0 aliphatic rings. The maximum Gasteiger partial charge on any atom is 0.252 e. The van der Waals surface area contributed by atoms with Crippen LogP contribution in [0.1, 0.15) is 18.5 Å². The van der Waals surface area contributed by atoms with Crippen LogP contribution in [0.5, 0.6) is 0 Å². The van der Waals surface area contributed by atoms with E-state index in [2.05, 4.69) is 20.9 Å². The number of nitrogens with two attached hydrogens (primary N) is 1. The predicted molar refractivity (Wildman–Crippen MR) is 47.4 cm³/mol. The second kappa shape index (κ2) is 3.19. The molecule has 0 bridgehead atoms. The highest BCUT2D eigenvalue weighted by Gasteiger charge is 2.04. The summed E-state index contributed by atoms with van der Waals surface area (Å²) in [6, 6.07) is 1.50. The molecule has 0 aromatic carbocycles. The molecule has 1 heterocycles. The van der Waals surface area contributed by atoms with Gasteiger partial charge in [-0.05, 0) is 28.9 Å². The van der Waals surface area contributed by atoms with E-state index in [0.717, 1.165) is 4.47 Å². The van der Waals surface area contributed by atoms with Gasteiger partial charge in [-0.1, -0.05) is 0 Å². The Morgan fingerprint density at radius 1 is 1.73 bits per heavy atom. The molecule has 0 saturated heterocycles. The first-order valence-electron chi connectivity index (χ1n) is 3.25. The van der Waals surface area contributed by atoms with Crippen LogP contribution in [0, 0.1) is 0 Å². The van der Waals surface area contributed by atoms with Crippen molar-refractivity contribution in [3.05, 3.63) is 32.7 Å². The van der Waals surface area contributed by atoms with Gasteiger partial charge in [0.25, 0.3) is 5.56 Å². The minimum Gasteiger partial charge on any atom is -0.328 e. The van der Waals surface area contributed by atoms with E-state index in [1.54, 1.807) is 19.2 Å². The van der Waals surface area contributed by atoms with Crippen molar-refractivity contribution < 1.29 is 0 Å². The number of halogens is 1. The molecule has 1 rings (SSSR count). The molecule has 3 nitrogen and oxygen atoms in total. The Balaban J connectivity index is 3.24. The summed E-state index contributed by atoms with van der Waals surface area (Å²) in [5.74, 6) is 0. The van der Waals surface area contributed by atoms with Gasteiger partial charge in [0.15, 0.2) is 0 Å². The standard InChI is InChI=1S/C7H9BrN2O/c1-4(9)6-2-5(8)3-10-7(6)11/h2-4H,9H2,1H3,(H,10,11). The van der Waals surface area contributed by atoms with Crippen molar-refractivity contribution in [2.24, 2.45) is 5.73 Å². The fourth-order valence-electron chi connectivity index (χ4n) is 0.812. The predicted octanol–water partition coefficient (Wildman–Crippen LogP) is 1.16. The monoisotopic (exact) mass is 216 g/mol. The lowest BCUT2D eigenvalue weighted by molar-refractivity contribution is 0.798. The van der Waals surface area contributed by atoms with Gasteiger partial charge in [0, 0.05) is 22.3 Å². The van der Waals surface area contributed by atoms with Crippen LogP contribution < -0.4 is 11.3 Å². The van der Waals surface area contributed by atoms with Crippen molar-refractivity contribution in [1.29, 1.82) is 0 Å². The number of aromatic amines is 1. The number of nitrogens with one attached hydrogen (secondary N) is 1. The van der Waals surface area contributed by atoms with Crippen molar-refractivity contribution in [2.75, 3.05) is 0 Å². The Kier molecular flexibility index (Phi) is 2.46. The van der Waals surface area contributed by atoms with E-state index in [1.165, 1.54) is 0 Å². The Labute approximate surface area is 72.7 Å². The Morgan fingerprint density at radius 3 is 2.82 bits per heavy atom. The first-order valence-corrected chi connectivity index (χ1v) is 4.04.